The van der Waals surface area contributed by atoms with Gasteiger partial charge >= 0.3 is 0 Å². The van der Waals surface area contributed by atoms with Gasteiger partial charge in [-0.15, -0.1) is 0 Å². The van der Waals surface area contributed by atoms with Crippen LogP contribution in [0.2, 0.25) is 0 Å². The van der Waals surface area contributed by atoms with Gasteiger partial charge in [0.15, 0.2) is 0 Å². The predicted octanol–water partition coefficient (Wildman–Crippen LogP) is 1.70. The molecule has 0 amide bonds. The molecule has 0 spiro atoms. The smallest absolute Gasteiger partial charge is 0.229 e. The summed E-state index contributed by atoms with van der Waals surface area (Å²) >= 11 is 0. The summed E-state index contributed by atoms with van der Waals surface area (Å²) in [6.07, 6.45) is 2.39. The Bertz CT molecular complexity index is 393. The molecular weight excluding hydrogens is 216 g/mol. The molecule has 17 heavy (non-hydrogen) atoms. The second kappa shape index (κ2) is 4.35. The zero-order valence-corrected chi connectivity index (χ0v) is 10.8. The van der Waals surface area contributed by atoms with Crippen molar-refractivity contribution in [1.29, 1.82) is 0 Å². The average Bonchev–Trinajstić information content (AvgIpc) is 2.98. The average molecular weight is 236 g/mol. The Hall–Kier alpha value is -1.59. The fourth-order valence-electron chi connectivity index (χ4n) is 1.35. The maximum Gasteiger partial charge on any atom is 0.229 e. The number of hydrogen-bond donors (Lipinski definition) is 3. The predicted molar refractivity (Wildman–Crippen MR) is 69.4 cm³/mol. The third kappa shape index (κ3) is 3.72. The number of anilines is 3. The molecule has 6 heteroatoms. The third-order valence-electron chi connectivity index (χ3n) is 2.26. The van der Waals surface area contributed by atoms with Crippen LogP contribution in [-0.4, -0.2) is 33.6 Å². The van der Waals surface area contributed by atoms with Gasteiger partial charge in [0.05, 0.1) is 0 Å². The summed E-state index contributed by atoms with van der Waals surface area (Å²) in [4.78, 5) is 12.9. The standard InChI is InChI=1S/C11H20N6/c1-11(2,3)17-10-15-8(12-4)14-9(16-10)13-7-5-6-7/h7H,5-6H2,1-4H3,(H3,12,13,14,15,16,17). The largest absolute Gasteiger partial charge is 0.357 e. The van der Waals surface area contributed by atoms with Gasteiger partial charge in [0.1, 0.15) is 0 Å². The lowest BCUT2D eigenvalue weighted by molar-refractivity contribution is 0.625. The van der Waals surface area contributed by atoms with Crippen LogP contribution in [0, 0.1) is 0 Å². The van der Waals surface area contributed by atoms with Crippen molar-refractivity contribution in [2.24, 2.45) is 0 Å². The van der Waals surface area contributed by atoms with E-state index in [9.17, 15) is 0 Å². The summed E-state index contributed by atoms with van der Waals surface area (Å²) in [6.45, 7) is 6.22. The molecule has 0 radical (unpaired) electrons. The lowest BCUT2D eigenvalue weighted by Crippen LogP contribution is -2.28. The number of aromatic nitrogens is 3. The van der Waals surface area contributed by atoms with Gasteiger partial charge in [-0.3, -0.25) is 0 Å². The van der Waals surface area contributed by atoms with E-state index in [2.05, 4.69) is 51.7 Å². The van der Waals surface area contributed by atoms with E-state index in [4.69, 9.17) is 0 Å². The van der Waals surface area contributed by atoms with Crippen molar-refractivity contribution in [3.63, 3.8) is 0 Å². The Labute approximate surface area is 102 Å². The van der Waals surface area contributed by atoms with Crippen LogP contribution >= 0.6 is 0 Å². The first-order valence-corrected chi connectivity index (χ1v) is 5.95. The highest BCUT2D eigenvalue weighted by Gasteiger charge is 2.23. The molecule has 2 rings (SSSR count). The maximum absolute atomic E-state index is 4.36. The molecule has 1 aliphatic rings. The van der Waals surface area contributed by atoms with Gasteiger partial charge in [-0.1, -0.05) is 0 Å². The quantitative estimate of drug-likeness (QED) is 0.739. The molecule has 0 unspecified atom stereocenters. The lowest BCUT2D eigenvalue weighted by Gasteiger charge is -2.20. The van der Waals surface area contributed by atoms with Crippen molar-refractivity contribution < 1.29 is 0 Å². The van der Waals surface area contributed by atoms with Crippen molar-refractivity contribution in [3.8, 4) is 0 Å². The van der Waals surface area contributed by atoms with Crippen molar-refractivity contribution >= 4 is 17.8 Å². The van der Waals surface area contributed by atoms with Gasteiger partial charge in [-0.2, -0.15) is 15.0 Å². The second-order valence-electron chi connectivity index (χ2n) is 5.35. The topological polar surface area (TPSA) is 74.8 Å². The molecule has 94 valence electrons. The summed E-state index contributed by atoms with van der Waals surface area (Å²) in [5.74, 6) is 1.81. The first-order valence-electron chi connectivity index (χ1n) is 5.95. The van der Waals surface area contributed by atoms with Crippen LogP contribution in [0.15, 0.2) is 0 Å². The van der Waals surface area contributed by atoms with Crippen LogP contribution < -0.4 is 16.0 Å². The van der Waals surface area contributed by atoms with E-state index in [1.54, 1.807) is 7.05 Å². The van der Waals surface area contributed by atoms with E-state index in [-0.39, 0.29) is 5.54 Å². The number of nitrogens with one attached hydrogen (secondary N) is 3. The SMILES string of the molecule is CNc1nc(NC2CC2)nc(NC(C)(C)C)n1. The highest BCUT2D eigenvalue weighted by atomic mass is 15.3. The van der Waals surface area contributed by atoms with Gasteiger partial charge in [0, 0.05) is 18.6 Å². The Morgan fingerprint density at radius 3 is 2.12 bits per heavy atom. The van der Waals surface area contributed by atoms with E-state index in [1.165, 1.54) is 12.8 Å². The van der Waals surface area contributed by atoms with Gasteiger partial charge < -0.3 is 16.0 Å². The molecular formula is C11H20N6. The molecule has 1 aliphatic carbocycles. The van der Waals surface area contributed by atoms with E-state index in [0.717, 1.165) is 0 Å². The molecule has 1 fully saturated rings. The molecule has 0 bridgehead atoms. The highest BCUT2D eigenvalue weighted by molar-refractivity contribution is 5.43. The highest BCUT2D eigenvalue weighted by Crippen LogP contribution is 2.24. The van der Waals surface area contributed by atoms with E-state index in [0.29, 0.717) is 23.9 Å². The minimum Gasteiger partial charge on any atom is -0.357 e. The molecule has 1 aromatic heterocycles. The van der Waals surface area contributed by atoms with Gasteiger partial charge in [0.25, 0.3) is 0 Å². The Kier molecular flexibility index (Phi) is 3.04. The summed E-state index contributed by atoms with van der Waals surface area (Å²) in [5, 5.41) is 9.47. The lowest BCUT2D eigenvalue weighted by atomic mass is 10.1. The second-order valence-corrected chi connectivity index (χ2v) is 5.35. The molecule has 6 nitrogen and oxygen atoms in total. The summed E-state index contributed by atoms with van der Waals surface area (Å²) < 4.78 is 0. The van der Waals surface area contributed by atoms with Crippen LogP contribution in [0.1, 0.15) is 33.6 Å². The molecule has 0 saturated heterocycles. The third-order valence-corrected chi connectivity index (χ3v) is 2.26. The fraction of sp³-hybridized carbons (Fsp3) is 0.727. The van der Waals surface area contributed by atoms with Crippen molar-refractivity contribution in [2.45, 2.75) is 45.2 Å². The van der Waals surface area contributed by atoms with Gasteiger partial charge in [0.2, 0.25) is 17.8 Å². The summed E-state index contributed by atoms with van der Waals surface area (Å²) in [5.41, 5.74) is -0.0663. The zero-order chi connectivity index (χ0) is 12.5. The summed E-state index contributed by atoms with van der Waals surface area (Å²) in [6, 6.07) is 0.532. The number of nitrogens with zero attached hydrogens (tertiary/aromatic N) is 3. The number of hydrogen-bond acceptors (Lipinski definition) is 6. The fourth-order valence-corrected chi connectivity index (χ4v) is 1.35. The molecule has 1 heterocycles. The maximum atomic E-state index is 4.36. The molecule has 0 atom stereocenters. The van der Waals surface area contributed by atoms with Crippen molar-refractivity contribution in [1.82, 2.24) is 15.0 Å². The first-order chi connectivity index (χ1) is 7.96. The summed E-state index contributed by atoms with van der Waals surface area (Å²) in [7, 11) is 1.80. The molecule has 0 aliphatic heterocycles. The molecule has 0 aromatic carbocycles. The first kappa shape index (κ1) is 11.9. The normalized spacial score (nSPS) is 15.5. The molecule has 3 N–H and O–H groups in total. The molecule has 1 aromatic rings. The Balaban J connectivity index is 2.18. The van der Waals surface area contributed by atoms with Crippen LogP contribution in [-0.2, 0) is 0 Å². The zero-order valence-electron chi connectivity index (χ0n) is 10.8. The van der Waals surface area contributed by atoms with E-state index in [1.807, 2.05) is 0 Å². The van der Waals surface area contributed by atoms with Crippen LogP contribution in [0.3, 0.4) is 0 Å². The number of rotatable bonds is 4. The van der Waals surface area contributed by atoms with Gasteiger partial charge in [-0.05, 0) is 33.6 Å². The molecule has 1 saturated carbocycles. The van der Waals surface area contributed by atoms with Crippen molar-refractivity contribution in [3.05, 3.63) is 0 Å². The van der Waals surface area contributed by atoms with Crippen LogP contribution in [0.4, 0.5) is 17.8 Å². The van der Waals surface area contributed by atoms with E-state index < -0.39 is 0 Å². The minimum atomic E-state index is -0.0663. The Morgan fingerprint density at radius 1 is 1.00 bits per heavy atom. The monoisotopic (exact) mass is 236 g/mol. The van der Waals surface area contributed by atoms with Crippen LogP contribution in [0.25, 0.3) is 0 Å². The minimum absolute atomic E-state index is 0.0663. The van der Waals surface area contributed by atoms with E-state index >= 15 is 0 Å². The van der Waals surface area contributed by atoms with Crippen LogP contribution in [0.5, 0.6) is 0 Å². The van der Waals surface area contributed by atoms with Crippen molar-refractivity contribution in [2.75, 3.05) is 23.0 Å². The van der Waals surface area contributed by atoms with Gasteiger partial charge in [-0.25, -0.2) is 0 Å². The Morgan fingerprint density at radius 2 is 1.59 bits per heavy atom.